The van der Waals surface area contributed by atoms with Crippen LogP contribution in [0.2, 0.25) is 0 Å². The molecule has 3 aromatic rings. The lowest BCUT2D eigenvalue weighted by Crippen LogP contribution is -2.15. The largest absolute Gasteiger partial charge is 0.486 e. The number of aryl methyl sites for hydroxylation is 1. The van der Waals surface area contributed by atoms with Gasteiger partial charge in [-0.05, 0) is 61.6 Å². The van der Waals surface area contributed by atoms with Crippen LogP contribution in [0.3, 0.4) is 0 Å². The summed E-state index contributed by atoms with van der Waals surface area (Å²) in [5.74, 6) is 2.37. The highest BCUT2D eigenvalue weighted by Gasteiger charge is 2.31. The Balaban J connectivity index is 1.23. The highest BCUT2D eigenvalue weighted by Crippen LogP contribution is 2.41. The Morgan fingerprint density at radius 3 is 2.56 bits per heavy atom. The number of sulfone groups is 1. The third-order valence-corrected chi connectivity index (χ3v) is 9.10. The first kappa shape index (κ1) is 27.1. The number of aromatic nitrogens is 1. The number of nitrogens with zero attached hydrogens (tertiary/aromatic N) is 1. The van der Waals surface area contributed by atoms with Gasteiger partial charge < -0.3 is 14.2 Å². The van der Waals surface area contributed by atoms with E-state index < -0.39 is 20.8 Å². The summed E-state index contributed by atoms with van der Waals surface area (Å²) >= 11 is 0. The molecule has 1 aliphatic heterocycles. The third kappa shape index (κ3) is 6.59. The number of rotatable bonds is 10. The van der Waals surface area contributed by atoms with Gasteiger partial charge in [0.05, 0.1) is 23.3 Å². The molecular weight excluding hydrogens is 540 g/mol. The van der Waals surface area contributed by atoms with E-state index in [0.717, 1.165) is 35.3 Å². The summed E-state index contributed by atoms with van der Waals surface area (Å²) in [5.41, 5.74) is 3.67. The average Bonchev–Trinajstić information content (AvgIpc) is 3.46. The van der Waals surface area contributed by atoms with Crippen LogP contribution in [-0.2, 0) is 32.0 Å². The van der Waals surface area contributed by atoms with E-state index in [9.17, 15) is 17.4 Å². The second-order valence-corrected chi connectivity index (χ2v) is 13.3. The molecule has 1 aliphatic carbocycles. The number of ether oxygens (including phenoxy) is 3. The average molecular weight is 571 g/mol. The molecule has 0 bridgehead atoms. The summed E-state index contributed by atoms with van der Waals surface area (Å²) < 4.78 is 55.2. The minimum Gasteiger partial charge on any atom is -0.486 e. The van der Waals surface area contributed by atoms with Crippen molar-refractivity contribution in [3.63, 3.8) is 0 Å². The second-order valence-electron chi connectivity index (χ2n) is 9.72. The predicted molar refractivity (Wildman–Crippen MR) is 147 cm³/mol. The third-order valence-electron chi connectivity index (χ3n) is 6.69. The molecule has 206 valence electrons. The van der Waals surface area contributed by atoms with Crippen LogP contribution in [0.15, 0.2) is 54.6 Å². The minimum absolute atomic E-state index is 0.0742. The van der Waals surface area contributed by atoms with Crippen LogP contribution in [0.1, 0.15) is 53.0 Å². The highest BCUT2D eigenvalue weighted by atomic mass is 32.2. The van der Waals surface area contributed by atoms with Crippen molar-refractivity contribution in [3.8, 4) is 23.1 Å². The quantitative estimate of drug-likeness (QED) is 0.359. The maximum atomic E-state index is 12.1. The first-order chi connectivity index (χ1) is 18.7. The van der Waals surface area contributed by atoms with Crippen molar-refractivity contribution in [2.24, 2.45) is 0 Å². The summed E-state index contributed by atoms with van der Waals surface area (Å²) in [4.78, 5) is 16.0. The number of amides is 1. The number of carbonyl (C=O) groups excluding carboxylic acids is 1. The fourth-order valence-electron chi connectivity index (χ4n) is 4.77. The summed E-state index contributed by atoms with van der Waals surface area (Å²) in [6.07, 6.45) is 3.32. The number of hydrogen-bond donors (Lipinski definition) is 1. The van der Waals surface area contributed by atoms with E-state index in [1.165, 1.54) is 6.26 Å². The normalized spacial score (nSPS) is 20.4. The van der Waals surface area contributed by atoms with Crippen molar-refractivity contribution < 1.29 is 31.6 Å². The van der Waals surface area contributed by atoms with E-state index in [1.807, 2.05) is 49.4 Å². The molecule has 0 saturated carbocycles. The van der Waals surface area contributed by atoms with Crippen molar-refractivity contribution in [2.75, 3.05) is 18.6 Å². The molecule has 1 saturated heterocycles. The molecule has 0 radical (unpaired) electrons. The lowest BCUT2D eigenvalue weighted by Gasteiger charge is -2.17. The van der Waals surface area contributed by atoms with Crippen LogP contribution >= 0.6 is 0 Å². The van der Waals surface area contributed by atoms with Gasteiger partial charge in [-0.25, -0.2) is 17.6 Å². The minimum atomic E-state index is -3.02. The number of fused-ring (bicyclic) bond motifs is 1. The van der Waals surface area contributed by atoms with E-state index >= 15 is 0 Å². The molecule has 2 unspecified atom stereocenters. The standard InChI is InChI=1S/C28H30N2O7S2/c1-18-23(13-14-28(29-18)35-15-4-16-39(2,33)34)37-24-6-3-5-21-22(24)11-12-25(21)36-20-9-7-19(8-10-20)26-17-27(31)30-38(26)32/h3,5-10,13-14,25-26H,4,11-12,15-17H2,1-2H3,(H,30,31)/t25-,26?,38?/m1/s1. The van der Waals surface area contributed by atoms with Gasteiger partial charge in [0.25, 0.3) is 0 Å². The smallest absolute Gasteiger partial charge is 0.233 e. The van der Waals surface area contributed by atoms with Crippen LogP contribution in [0.4, 0.5) is 0 Å². The van der Waals surface area contributed by atoms with Crippen molar-refractivity contribution in [1.29, 1.82) is 0 Å². The van der Waals surface area contributed by atoms with E-state index in [4.69, 9.17) is 14.2 Å². The molecule has 11 heteroatoms. The molecule has 1 N–H and O–H groups in total. The second kappa shape index (κ2) is 11.4. The molecule has 0 spiro atoms. The zero-order valence-electron chi connectivity index (χ0n) is 21.7. The van der Waals surface area contributed by atoms with Crippen LogP contribution in [-0.4, -0.2) is 42.1 Å². The molecular formula is C28H30N2O7S2. The van der Waals surface area contributed by atoms with E-state index in [2.05, 4.69) is 9.71 Å². The van der Waals surface area contributed by atoms with Gasteiger partial charge in [-0.3, -0.25) is 9.52 Å². The first-order valence-corrected chi connectivity index (χ1v) is 16.0. The van der Waals surface area contributed by atoms with E-state index in [1.54, 1.807) is 12.1 Å². The van der Waals surface area contributed by atoms with Gasteiger partial charge >= 0.3 is 0 Å². The van der Waals surface area contributed by atoms with Crippen LogP contribution in [0.5, 0.6) is 23.1 Å². The van der Waals surface area contributed by atoms with Crippen LogP contribution in [0, 0.1) is 6.92 Å². The number of benzene rings is 2. The lowest BCUT2D eigenvalue weighted by atomic mass is 10.1. The SMILES string of the molecule is Cc1nc(OCCCS(C)(=O)=O)ccc1Oc1cccc2c1CC[C@H]2Oc1ccc(C2CC(=O)NS2=O)cc1. The molecule has 2 heterocycles. The molecule has 39 heavy (non-hydrogen) atoms. The fourth-order valence-corrected chi connectivity index (χ4v) is 6.57. The molecule has 1 fully saturated rings. The van der Waals surface area contributed by atoms with Gasteiger partial charge in [-0.15, -0.1) is 0 Å². The zero-order valence-corrected chi connectivity index (χ0v) is 23.3. The van der Waals surface area contributed by atoms with E-state index in [-0.39, 0.29) is 36.0 Å². The number of carbonyl (C=O) groups is 1. The van der Waals surface area contributed by atoms with Crippen LogP contribution < -0.4 is 18.9 Å². The Kier molecular flexibility index (Phi) is 7.90. The monoisotopic (exact) mass is 570 g/mol. The predicted octanol–water partition coefficient (Wildman–Crippen LogP) is 4.29. The molecule has 3 atom stereocenters. The van der Waals surface area contributed by atoms with Crippen molar-refractivity contribution in [3.05, 3.63) is 77.0 Å². The highest BCUT2D eigenvalue weighted by molar-refractivity contribution is 7.90. The molecule has 1 aromatic heterocycles. The molecule has 2 aromatic carbocycles. The van der Waals surface area contributed by atoms with Crippen molar-refractivity contribution in [1.82, 2.24) is 9.71 Å². The van der Waals surface area contributed by atoms with E-state index in [0.29, 0.717) is 29.5 Å². The Labute approximate surface area is 230 Å². The van der Waals surface area contributed by atoms with Crippen LogP contribution in [0.25, 0.3) is 0 Å². The molecule has 9 nitrogen and oxygen atoms in total. The molecule has 2 aliphatic rings. The molecule has 5 rings (SSSR count). The number of nitrogens with one attached hydrogen (secondary N) is 1. The maximum Gasteiger partial charge on any atom is 0.233 e. The summed E-state index contributed by atoms with van der Waals surface area (Å²) in [6.45, 7) is 2.11. The van der Waals surface area contributed by atoms with Gasteiger partial charge in [0.15, 0.2) is 0 Å². The first-order valence-electron chi connectivity index (χ1n) is 12.7. The Morgan fingerprint density at radius 1 is 1.08 bits per heavy atom. The fraction of sp³-hybridized carbons (Fsp3) is 0.357. The van der Waals surface area contributed by atoms with Gasteiger partial charge in [0.2, 0.25) is 11.8 Å². The number of pyridine rings is 1. The topological polar surface area (TPSA) is 121 Å². The van der Waals surface area contributed by atoms with Gasteiger partial charge in [-0.1, -0.05) is 24.3 Å². The number of hydrogen-bond acceptors (Lipinski definition) is 8. The summed E-state index contributed by atoms with van der Waals surface area (Å²) in [6, 6.07) is 16.9. The van der Waals surface area contributed by atoms with Gasteiger partial charge in [0.1, 0.15) is 44.2 Å². The summed E-state index contributed by atoms with van der Waals surface area (Å²) in [7, 11) is -4.41. The zero-order chi connectivity index (χ0) is 27.6. The van der Waals surface area contributed by atoms with Crippen molar-refractivity contribution >= 4 is 26.7 Å². The Bertz CT molecular complexity index is 1510. The summed E-state index contributed by atoms with van der Waals surface area (Å²) in [5, 5.41) is -0.336. The van der Waals surface area contributed by atoms with Gasteiger partial charge in [0, 0.05) is 24.3 Å². The molecule has 1 amide bonds. The van der Waals surface area contributed by atoms with Gasteiger partial charge in [-0.2, -0.15) is 0 Å². The maximum absolute atomic E-state index is 12.1. The Hall–Kier alpha value is -3.44. The van der Waals surface area contributed by atoms with Crippen molar-refractivity contribution in [2.45, 2.75) is 44.0 Å². The lowest BCUT2D eigenvalue weighted by molar-refractivity contribution is -0.118. The Morgan fingerprint density at radius 2 is 1.87 bits per heavy atom.